The maximum Gasteiger partial charge on any atom is 0.372 e. The van der Waals surface area contributed by atoms with Gasteiger partial charge in [-0.15, -0.1) is 0 Å². The molecular formula is C8H14O3S. The van der Waals surface area contributed by atoms with Crippen molar-refractivity contribution in [2.75, 3.05) is 5.75 Å². The molecular weight excluding hydrogens is 176 g/mol. The van der Waals surface area contributed by atoms with E-state index in [9.17, 15) is 9.59 Å². The summed E-state index contributed by atoms with van der Waals surface area (Å²) in [5, 5.41) is 8.22. The van der Waals surface area contributed by atoms with E-state index < -0.39 is 11.8 Å². The highest BCUT2D eigenvalue weighted by molar-refractivity contribution is 7.80. The number of hydrogen-bond acceptors (Lipinski definition) is 3. The third kappa shape index (κ3) is 6.22. The number of aliphatic carboxylic acids is 1. The zero-order valence-electron chi connectivity index (χ0n) is 6.95. The van der Waals surface area contributed by atoms with Gasteiger partial charge in [-0.05, 0) is 18.6 Å². The standard InChI is InChI=1S/C8H14O3S/c9-7(8(10)11)5-3-1-2-4-6-12/h12H,1-6H2,(H,10,11). The lowest BCUT2D eigenvalue weighted by Gasteiger charge is -1.96. The number of carbonyl (C=O) groups is 2. The van der Waals surface area contributed by atoms with Crippen LogP contribution < -0.4 is 0 Å². The number of carbonyl (C=O) groups excluding carboxylic acids is 1. The topological polar surface area (TPSA) is 54.4 Å². The van der Waals surface area contributed by atoms with Crippen molar-refractivity contribution in [1.29, 1.82) is 0 Å². The van der Waals surface area contributed by atoms with Crippen LogP contribution in [0.15, 0.2) is 0 Å². The molecule has 0 aromatic heterocycles. The van der Waals surface area contributed by atoms with Crippen LogP contribution in [0.25, 0.3) is 0 Å². The minimum atomic E-state index is -1.32. The summed E-state index contributed by atoms with van der Waals surface area (Å²) in [5.41, 5.74) is 0. The fourth-order valence-electron chi connectivity index (χ4n) is 0.858. The summed E-state index contributed by atoms with van der Waals surface area (Å²) >= 11 is 4.03. The van der Waals surface area contributed by atoms with E-state index in [1.807, 2.05) is 0 Å². The molecule has 12 heavy (non-hydrogen) atoms. The van der Waals surface area contributed by atoms with Crippen molar-refractivity contribution in [2.45, 2.75) is 32.1 Å². The van der Waals surface area contributed by atoms with Gasteiger partial charge in [0.25, 0.3) is 0 Å². The molecule has 0 atom stereocenters. The molecule has 0 spiro atoms. The summed E-state index contributed by atoms with van der Waals surface area (Å²) in [7, 11) is 0. The number of unbranched alkanes of at least 4 members (excludes halogenated alkanes) is 3. The highest BCUT2D eigenvalue weighted by atomic mass is 32.1. The maximum atomic E-state index is 10.6. The molecule has 0 heterocycles. The van der Waals surface area contributed by atoms with E-state index in [1.165, 1.54) is 0 Å². The van der Waals surface area contributed by atoms with Gasteiger partial charge in [-0.2, -0.15) is 12.6 Å². The van der Waals surface area contributed by atoms with Crippen LogP contribution in [0.1, 0.15) is 32.1 Å². The van der Waals surface area contributed by atoms with Crippen LogP contribution in [0.3, 0.4) is 0 Å². The molecule has 0 aromatic rings. The summed E-state index contributed by atoms with van der Waals surface area (Å²) in [6.45, 7) is 0. The van der Waals surface area contributed by atoms with Crippen molar-refractivity contribution in [3.63, 3.8) is 0 Å². The predicted octanol–water partition coefficient (Wildman–Crippen LogP) is 1.52. The normalized spacial score (nSPS) is 9.75. The first-order chi connectivity index (χ1) is 5.68. The lowest BCUT2D eigenvalue weighted by atomic mass is 10.1. The summed E-state index contributed by atoms with van der Waals surface area (Å²) in [5.74, 6) is -1.14. The zero-order valence-corrected chi connectivity index (χ0v) is 7.85. The first kappa shape index (κ1) is 11.5. The molecule has 0 saturated carbocycles. The van der Waals surface area contributed by atoms with Crippen LogP contribution in [-0.2, 0) is 9.59 Å². The van der Waals surface area contributed by atoms with Gasteiger partial charge < -0.3 is 5.11 Å². The highest BCUT2D eigenvalue weighted by Crippen LogP contribution is 2.04. The Morgan fingerprint density at radius 2 is 1.67 bits per heavy atom. The van der Waals surface area contributed by atoms with Crippen LogP contribution in [0.2, 0.25) is 0 Å². The fourth-order valence-corrected chi connectivity index (χ4v) is 1.08. The van der Waals surface area contributed by atoms with E-state index in [4.69, 9.17) is 5.11 Å². The Balaban J connectivity index is 3.20. The van der Waals surface area contributed by atoms with Gasteiger partial charge in [0.2, 0.25) is 5.78 Å². The molecule has 0 fully saturated rings. The molecule has 0 bridgehead atoms. The van der Waals surface area contributed by atoms with Gasteiger partial charge in [0.1, 0.15) is 0 Å². The van der Waals surface area contributed by atoms with Crippen molar-refractivity contribution < 1.29 is 14.7 Å². The third-order valence-electron chi connectivity index (χ3n) is 1.55. The van der Waals surface area contributed by atoms with Crippen molar-refractivity contribution >= 4 is 24.4 Å². The Labute approximate surface area is 77.6 Å². The average molecular weight is 190 g/mol. The second-order valence-electron chi connectivity index (χ2n) is 2.62. The monoisotopic (exact) mass is 190 g/mol. The smallest absolute Gasteiger partial charge is 0.372 e. The van der Waals surface area contributed by atoms with Crippen LogP contribution in [-0.4, -0.2) is 22.6 Å². The molecule has 0 aromatic carbocycles. The molecule has 0 aliphatic heterocycles. The number of rotatable bonds is 7. The molecule has 0 aliphatic carbocycles. The maximum absolute atomic E-state index is 10.6. The van der Waals surface area contributed by atoms with Gasteiger partial charge >= 0.3 is 5.97 Å². The highest BCUT2D eigenvalue weighted by Gasteiger charge is 2.09. The Bertz CT molecular complexity index is 156. The predicted molar refractivity (Wildman–Crippen MR) is 49.6 cm³/mol. The first-order valence-electron chi connectivity index (χ1n) is 4.05. The van der Waals surface area contributed by atoms with Crippen molar-refractivity contribution in [3.8, 4) is 0 Å². The SMILES string of the molecule is O=C(O)C(=O)CCCCCCS. The van der Waals surface area contributed by atoms with Crippen LogP contribution >= 0.6 is 12.6 Å². The Morgan fingerprint density at radius 1 is 1.08 bits per heavy atom. The third-order valence-corrected chi connectivity index (χ3v) is 1.87. The Morgan fingerprint density at radius 3 is 2.17 bits per heavy atom. The number of thiol groups is 1. The zero-order chi connectivity index (χ0) is 9.40. The van der Waals surface area contributed by atoms with E-state index >= 15 is 0 Å². The van der Waals surface area contributed by atoms with Crippen molar-refractivity contribution in [2.24, 2.45) is 0 Å². The Kier molecular flexibility index (Phi) is 6.85. The van der Waals surface area contributed by atoms with Gasteiger partial charge in [-0.3, -0.25) is 4.79 Å². The molecule has 70 valence electrons. The summed E-state index contributed by atoms with van der Waals surface area (Å²) in [6, 6.07) is 0. The second kappa shape index (κ2) is 7.16. The number of carboxylic acids is 1. The van der Waals surface area contributed by atoms with Gasteiger partial charge in [-0.25, -0.2) is 4.79 Å². The van der Waals surface area contributed by atoms with Gasteiger partial charge in [0, 0.05) is 6.42 Å². The molecule has 4 heteroatoms. The molecule has 1 N–H and O–H groups in total. The van der Waals surface area contributed by atoms with E-state index in [0.717, 1.165) is 25.0 Å². The average Bonchev–Trinajstić information content (AvgIpc) is 2.03. The number of carboxylic acid groups (broad SMARTS) is 1. The van der Waals surface area contributed by atoms with Crippen LogP contribution in [0.5, 0.6) is 0 Å². The molecule has 0 rings (SSSR count). The molecule has 0 unspecified atom stereocenters. The fraction of sp³-hybridized carbons (Fsp3) is 0.750. The van der Waals surface area contributed by atoms with E-state index in [1.54, 1.807) is 0 Å². The second-order valence-corrected chi connectivity index (χ2v) is 3.06. The van der Waals surface area contributed by atoms with Crippen LogP contribution in [0.4, 0.5) is 0 Å². The number of Topliss-reactive ketones (excluding diaryl/α,β-unsaturated/α-hetero) is 1. The molecule has 0 amide bonds. The first-order valence-corrected chi connectivity index (χ1v) is 4.68. The van der Waals surface area contributed by atoms with Gasteiger partial charge in [0.15, 0.2) is 0 Å². The largest absolute Gasteiger partial charge is 0.476 e. The number of hydrogen-bond donors (Lipinski definition) is 2. The quantitative estimate of drug-likeness (QED) is 0.363. The summed E-state index contributed by atoms with van der Waals surface area (Å²) in [4.78, 5) is 20.6. The van der Waals surface area contributed by atoms with E-state index in [2.05, 4.69) is 12.6 Å². The molecule has 0 saturated heterocycles. The van der Waals surface area contributed by atoms with Gasteiger partial charge in [0.05, 0.1) is 0 Å². The van der Waals surface area contributed by atoms with Crippen LogP contribution in [0, 0.1) is 0 Å². The summed E-state index contributed by atoms with van der Waals surface area (Å²) < 4.78 is 0. The van der Waals surface area contributed by atoms with Crippen molar-refractivity contribution in [1.82, 2.24) is 0 Å². The van der Waals surface area contributed by atoms with E-state index in [0.29, 0.717) is 6.42 Å². The van der Waals surface area contributed by atoms with Gasteiger partial charge in [-0.1, -0.05) is 12.8 Å². The lowest BCUT2D eigenvalue weighted by Crippen LogP contribution is -2.11. The van der Waals surface area contributed by atoms with E-state index in [-0.39, 0.29) is 6.42 Å². The van der Waals surface area contributed by atoms with Crippen molar-refractivity contribution in [3.05, 3.63) is 0 Å². The molecule has 0 radical (unpaired) electrons. The Hall–Kier alpha value is -0.510. The summed E-state index contributed by atoms with van der Waals surface area (Å²) in [6.07, 6.45) is 3.82. The molecule has 0 aliphatic rings. The lowest BCUT2D eigenvalue weighted by molar-refractivity contribution is -0.149. The minimum Gasteiger partial charge on any atom is -0.476 e. The minimum absolute atomic E-state index is 0.169. The molecule has 3 nitrogen and oxygen atoms in total. The number of ketones is 1.